The van der Waals surface area contributed by atoms with Crippen LogP contribution in [0.2, 0.25) is 0 Å². The SMILES string of the molecule is CCn1c(CCn2cncc2C)n[nH]c1=S. The lowest BCUT2D eigenvalue weighted by molar-refractivity contribution is 0.613. The molecule has 0 aliphatic heterocycles. The van der Waals surface area contributed by atoms with Crippen molar-refractivity contribution in [3.05, 3.63) is 28.8 Å². The van der Waals surface area contributed by atoms with Gasteiger partial charge in [0.2, 0.25) is 0 Å². The quantitative estimate of drug-likeness (QED) is 0.824. The highest BCUT2D eigenvalue weighted by molar-refractivity contribution is 7.71. The maximum Gasteiger partial charge on any atom is 0.195 e. The van der Waals surface area contributed by atoms with Gasteiger partial charge in [-0.05, 0) is 26.1 Å². The number of nitrogens with one attached hydrogen (secondary N) is 1. The third-order valence-electron chi connectivity index (χ3n) is 2.65. The van der Waals surface area contributed by atoms with Gasteiger partial charge in [-0.15, -0.1) is 0 Å². The van der Waals surface area contributed by atoms with Crippen molar-refractivity contribution in [2.45, 2.75) is 33.4 Å². The van der Waals surface area contributed by atoms with Gasteiger partial charge in [0, 0.05) is 31.4 Å². The first-order chi connectivity index (χ1) is 7.72. The number of aromatic nitrogens is 5. The lowest BCUT2D eigenvalue weighted by atomic mass is 10.3. The summed E-state index contributed by atoms with van der Waals surface area (Å²) in [5.74, 6) is 1.00. The Kier molecular flexibility index (Phi) is 3.19. The molecule has 0 spiro atoms. The molecule has 0 atom stereocenters. The van der Waals surface area contributed by atoms with Crippen LogP contribution in [0.3, 0.4) is 0 Å². The van der Waals surface area contributed by atoms with Crippen molar-refractivity contribution in [3.63, 3.8) is 0 Å². The lowest BCUT2D eigenvalue weighted by Crippen LogP contribution is -2.07. The fourth-order valence-electron chi connectivity index (χ4n) is 1.71. The lowest BCUT2D eigenvalue weighted by Gasteiger charge is -2.05. The molecule has 0 amide bonds. The Morgan fingerprint density at radius 2 is 2.31 bits per heavy atom. The zero-order chi connectivity index (χ0) is 11.5. The predicted octanol–water partition coefficient (Wildman–Crippen LogP) is 1.71. The van der Waals surface area contributed by atoms with E-state index >= 15 is 0 Å². The van der Waals surface area contributed by atoms with Crippen LogP contribution < -0.4 is 0 Å². The molecule has 0 aliphatic carbocycles. The van der Waals surface area contributed by atoms with Crippen LogP contribution in [0.25, 0.3) is 0 Å². The van der Waals surface area contributed by atoms with Crippen LogP contribution in [0.5, 0.6) is 0 Å². The predicted molar refractivity (Wildman–Crippen MR) is 63.8 cm³/mol. The molecule has 1 N–H and O–H groups in total. The van der Waals surface area contributed by atoms with Gasteiger partial charge in [-0.2, -0.15) is 5.10 Å². The van der Waals surface area contributed by atoms with Crippen LogP contribution in [-0.4, -0.2) is 24.3 Å². The van der Waals surface area contributed by atoms with Gasteiger partial charge < -0.3 is 9.13 Å². The fourth-order valence-corrected chi connectivity index (χ4v) is 1.99. The van der Waals surface area contributed by atoms with E-state index in [1.165, 1.54) is 0 Å². The minimum atomic E-state index is 0.694. The maximum absolute atomic E-state index is 5.14. The maximum atomic E-state index is 5.14. The molecule has 0 bridgehead atoms. The first kappa shape index (κ1) is 11.1. The number of rotatable bonds is 4. The molecule has 16 heavy (non-hydrogen) atoms. The van der Waals surface area contributed by atoms with Crippen molar-refractivity contribution in [2.75, 3.05) is 0 Å². The second-order valence-electron chi connectivity index (χ2n) is 3.67. The molecule has 0 unspecified atom stereocenters. The standard InChI is InChI=1S/C10H15N5S/c1-3-15-9(12-13-10(15)16)4-5-14-7-11-6-8(14)2/h6-7H,3-5H2,1-2H3,(H,13,16). The monoisotopic (exact) mass is 237 g/mol. The largest absolute Gasteiger partial charge is 0.334 e. The fraction of sp³-hybridized carbons (Fsp3) is 0.500. The third kappa shape index (κ3) is 2.06. The van der Waals surface area contributed by atoms with E-state index in [2.05, 4.69) is 26.7 Å². The summed E-state index contributed by atoms with van der Waals surface area (Å²) < 4.78 is 4.82. The molecule has 86 valence electrons. The van der Waals surface area contributed by atoms with E-state index in [0.29, 0.717) is 4.77 Å². The minimum absolute atomic E-state index is 0.694. The molecule has 0 aliphatic rings. The van der Waals surface area contributed by atoms with E-state index in [-0.39, 0.29) is 0 Å². The third-order valence-corrected chi connectivity index (χ3v) is 2.96. The van der Waals surface area contributed by atoms with Crippen LogP contribution in [0.4, 0.5) is 0 Å². The van der Waals surface area contributed by atoms with Gasteiger partial charge in [0.1, 0.15) is 5.82 Å². The van der Waals surface area contributed by atoms with Gasteiger partial charge in [0.05, 0.1) is 6.33 Å². The molecule has 0 radical (unpaired) electrons. The van der Waals surface area contributed by atoms with E-state index in [1.807, 2.05) is 24.0 Å². The molecule has 6 heteroatoms. The van der Waals surface area contributed by atoms with Crippen molar-refractivity contribution < 1.29 is 0 Å². The summed E-state index contributed by atoms with van der Waals surface area (Å²) in [6, 6.07) is 0. The molecule has 0 saturated heterocycles. The number of imidazole rings is 1. The molecule has 2 aromatic rings. The Morgan fingerprint density at radius 1 is 1.50 bits per heavy atom. The van der Waals surface area contributed by atoms with Crippen LogP contribution >= 0.6 is 12.2 Å². The van der Waals surface area contributed by atoms with E-state index < -0.39 is 0 Å². The van der Waals surface area contributed by atoms with Gasteiger partial charge in [0.25, 0.3) is 0 Å². The van der Waals surface area contributed by atoms with Gasteiger partial charge in [-0.3, -0.25) is 5.10 Å². The van der Waals surface area contributed by atoms with Crippen molar-refractivity contribution in [1.29, 1.82) is 0 Å². The van der Waals surface area contributed by atoms with E-state index in [0.717, 1.165) is 31.0 Å². The summed E-state index contributed by atoms with van der Waals surface area (Å²) in [6.45, 7) is 5.85. The molecule has 5 nitrogen and oxygen atoms in total. The zero-order valence-corrected chi connectivity index (χ0v) is 10.3. The van der Waals surface area contributed by atoms with Gasteiger partial charge in [-0.25, -0.2) is 4.98 Å². The van der Waals surface area contributed by atoms with Crippen molar-refractivity contribution in [1.82, 2.24) is 24.3 Å². The summed E-state index contributed by atoms with van der Waals surface area (Å²) >= 11 is 5.14. The van der Waals surface area contributed by atoms with Crippen LogP contribution in [-0.2, 0) is 19.5 Å². The molecule has 2 aromatic heterocycles. The zero-order valence-electron chi connectivity index (χ0n) is 9.47. The minimum Gasteiger partial charge on any atom is -0.334 e. The first-order valence-electron chi connectivity index (χ1n) is 5.33. The summed E-state index contributed by atoms with van der Waals surface area (Å²) in [7, 11) is 0. The van der Waals surface area contributed by atoms with Crippen molar-refractivity contribution in [2.24, 2.45) is 0 Å². The smallest absolute Gasteiger partial charge is 0.195 e. The average molecular weight is 237 g/mol. The summed E-state index contributed by atoms with van der Waals surface area (Å²) in [6.07, 6.45) is 4.56. The number of nitrogens with zero attached hydrogens (tertiary/aromatic N) is 4. The Hall–Kier alpha value is -1.43. The van der Waals surface area contributed by atoms with Gasteiger partial charge in [0.15, 0.2) is 4.77 Å². The number of aromatic amines is 1. The number of aryl methyl sites for hydroxylation is 3. The summed E-state index contributed by atoms with van der Waals surface area (Å²) in [4.78, 5) is 4.09. The van der Waals surface area contributed by atoms with E-state index in [4.69, 9.17) is 12.2 Å². The van der Waals surface area contributed by atoms with Gasteiger partial charge in [-0.1, -0.05) is 0 Å². The highest BCUT2D eigenvalue weighted by Gasteiger charge is 2.05. The van der Waals surface area contributed by atoms with E-state index in [9.17, 15) is 0 Å². The summed E-state index contributed by atoms with van der Waals surface area (Å²) in [5, 5.41) is 7.05. The molecular formula is C10H15N5S. The normalized spacial score (nSPS) is 10.9. The summed E-state index contributed by atoms with van der Waals surface area (Å²) in [5.41, 5.74) is 1.16. The van der Waals surface area contributed by atoms with E-state index in [1.54, 1.807) is 0 Å². The Bertz CT molecular complexity index is 521. The van der Waals surface area contributed by atoms with Crippen LogP contribution in [0.1, 0.15) is 18.4 Å². The van der Waals surface area contributed by atoms with Crippen molar-refractivity contribution >= 4 is 12.2 Å². The molecule has 2 rings (SSSR count). The first-order valence-corrected chi connectivity index (χ1v) is 5.74. The van der Waals surface area contributed by atoms with Gasteiger partial charge >= 0.3 is 0 Å². The Balaban J connectivity index is 2.10. The van der Waals surface area contributed by atoms with Crippen LogP contribution in [0, 0.1) is 11.7 Å². The molecular weight excluding hydrogens is 222 g/mol. The molecule has 0 aromatic carbocycles. The Morgan fingerprint density at radius 3 is 2.94 bits per heavy atom. The molecule has 0 fully saturated rings. The molecule has 2 heterocycles. The van der Waals surface area contributed by atoms with Crippen molar-refractivity contribution in [3.8, 4) is 0 Å². The second-order valence-corrected chi connectivity index (χ2v) is 4.05. The Labute approximate surface area is 99.1 Å². The molecule has 0 saturated carbocycles. The number of hydrogen-bond donors (Lipinski definition) is 1. The van der Waals surface area contributed by atoms with Crippen LogP contribution in [0.15, 0.2) is 12.5 Å². The topological polar surface area (TPSA) is 51.4 Å². The average Bonchev–Trinajstić information content (AvgIpc) is 2.82. The second kappa shape index (κ2) is 4.61. The highest BCUT2D eigenvalue weighted by Crippen LogP contribution is 2.03. The number of hydrogen-bond acceptors (Lipinski definition) is 3. The highest BCUT2D eigenvalue weighted by atomic mass is 32.1. The number of H-pyrrole nitrogens is 1.